The highest BCUT2D eigenvalue weighted by molar-refractivity contribution is 7.86. The molecule has 2 N–H and O–H groups in total. The van der Waals surface area contributed by atoms with Gasteiger partial charge in [-0.25, -0.2) is 0 Å². The number of rotatable bonds is 5. The summed E-state index contributed by atoms with van der Waals surface area (Å²) in [4.78, 5) is 0. The maximum atomic E-state index is 12.7. The van der Waals surface area contributed by atoms with Gasteiger partial charge < -0.3 is 15.2 Å². The van der Waals surface area contributed by atoms with E-state index in [-0.39, 0.29) is 18.1 Å². The average Bonchev–Trinajstić information content (AvgIpc) is 2.91. The summed E-state index contributed by atoms with van der Waals surface area (Å²) in [5.74, 6) is 0.262. The van der Waals surface area contributed by atoms with Crippen LogP contribution in [0.15, 0.2) is 0 Å². The Morgan fingerprint density at radius 2 is 1.70 bits per heavy atom. The van der Waals surface area contributed by atoms with Gasteiger partial charge in [0.2, 0.25) is 0 Å². The van der Waals surface area contributed by atoms with Crippen molar-refractivity contribution in [3.63, 3.8) is 0 Å². The third-order valence-corrected chi connectivity index (χ3v) is 6.19. The van der Waals surface area contributed by atoms with Crippen molar-refractivity contribution in [3.05, 3.63) is 0 Å². The molecule has 118 valence electrons. The van der Waals surface area contributed by atoms with Gasteiger partial charge in [-0.1, -0.05) is 0 Å². The van der Waals surface area contributed by atoms with E-state index >= 15 is 0 Å². The maximum Gasteiger partial charge on any atom is 0.282 e. The SMILES string of the molecule is COC1CN(S(=O)(=O)N2CCCC(CN)C2)CC1OC. The van der Waals surface area contributed by atoms with Crippen molar-refractivity contribution in [2.75, 3.05) is 46.9 Å². The Hall–Kier alpha value is -0.250. The van der Waals surface area contributed by atoms with Crippen molar-refractivity contribution in [2.24, 2.45) is 11.7 Å². The van der Waals surface area contributed by atoms with Gasteiger partial charge in [0.05, 0.1) is 12.2 Å². The summed E-state index contributed by atoms with van der Waals surface area (Å²) in [6.07, 6.45) is 1.47. The van der Waals surface area contributed by atoms with Crippen LogP contribution in [0.4, 0.5) is 0 Å². The lowest BCUT2D eigenvalue weighted by Gasteiger charge is -2.33. The van der Waals surface area contributed by atoms with Crippen molar-refractivity contribution in [3.8, 4) is 0 Å². The number of hydrogen-bond acceptors (Lipinski definition) is 5. The first-order chi connectivity index (χ1) is 9.52. The third-order valence-electron chi connectivity index (χ3n) is 4.25. The predicted molar refractivity (Wildman–Crippen MR) is 75.4 cm³/mol. The second kappa shape index (κ2) is 6.67. The lowest BCUT2D eigenvalue weighted by Crippen LogP contribution is -2.48. The first kappa shape index (κ1) is 16.1. The number of piperidine rings is 1. The fourth-order valence-corrected chi connectivity index (χ4v) is 4.70. The Bertz CT molecular complexity index is 405. The van der Waals surface area contributed by atoms with Gasteiger partial charge in [0.1, 0.15) is 0 Å². The van der Waals surface area contributed by atoms with Crippen LogP contribution < -0.4 is 5.73 Å². The van der Waals surface area contributed by atoms with E-state index in [1.54, 1.807) is 18.5 Å². The molecular formula is C12H25N3O4S. The van der Waals surface area contributed by atoms with E-state index < -0.39 is 10.2 Å². The summed E-state index contributed by atoms with van der Waals surface area (Å²) in [7, 11) is -0.277. The molecule has 0 amide bonds. The maximum absolute atomic E-state index is 12.7. The van der Waals surface area contributed by atoms with Crippen LogP contribution in [0.25, 0.3) is 0 Å². The quantitative estimate of drug-likeness (QED) is 0.722. The molecule has 7 nitrogen and oxygen atoms in total. The number of hydrogen-bond donors (Lipinski definition) is 1. The van der Waals surface area contributed by atoms with Crippen LogP contribution in [0.5, 0.6) is 0 Å². The molecule has 2 saturated heterocycles. The van der Waals surface area contributed by atoms with Gasteiger partial charge in [-0.2, -0.15) is 17.0 Å². The minimum atomic E-state index is -3.44. The van der Waals surface area contributed by atoms with Crippen LogP contribution in [-0.4, -0.2) is 76.2 Å². The Balaban J connectivity index is 2.07. The molecule has 2 aliphatic rings. The minimum Gasteiger partial charge on any atom is -0.377 e. The summed E-state index contributed by atoms with van der Waals surface area (Å²) in [5.41, 5.74) is 5.67. The molecule has 0 aliphatic carbocycles. The van der Waals surface area contributed by atoms with Crippen molar-refractivity contribution < 1.29 is 17.9 Å². The van der Waals surface area contributed by atoms with Gasteiger partial charge in [0.15, 0.2) is 0 Å². The molecule has 2 heterocycles. The first-order valence-electron chi connectivity index (χ1n) is 7.03. The van der Waals surface area contributed by atoms with E-state index in [1.807, 2.05) is 0 Å². The van der Waals surface area contributed by atoms with E-state index in [0.29, 0.717) is 32.7 Å². The highest BCUT2D eigenvalue weighted by atomic mass is 32.2. The monoisotopic (exact) mass is 307 g/mol. The van der Waals surface area contributed by atoms with Crippen molar-refractivity contribution in [1.82, 2.24) is 8.61 Å². The average molecular weight is 307 g/mol. The molecule has 0 aromatic carbocycles. The van der Waals surface area contributed by atoms with Crippen molar-refractivity contribution >= 4 is 10.2 Å². The Morgan fingerprint density at radius 3 is 2.20 bits per heavy atom. The van der Waals surface area contributed by atoms with Crippen LogP contribution in [0.2, 0.25) is 0 Å². The molecule has 2 rings (SSSR count). The standard InChI is InChI=1S/C12H25N3O4S/c1-18-11-8-15(9-12(11)19-2)20(16,17)14-5-3-4-10(6-13)7-14/h10-12H,3-9,13H2,1-2H3. The molecule has 8 heteroatoms. The molecule has 0 bridgehead atoms. The molecule has 0 radical (unpaired) electrons. The zero-order valence-corrected chi connectivity index (χ0v) is 13.0. The van der Waals surface area contributed by atoms with Gasteiger partial charge in [-0.15, -0.1) is 0 Å². The molecule has 20 heavy (non-hydrogen) atoms. The van der Waals surface area contributed by atoms with Gasteiger partial charge >= 0.3 is 0 Å². The van der Waals surface area contributed by atoms with E-state index in [4.69, 9.17) is 15.2 Å². The molecule has 2 aliphatic heterocycles. The van der Waals surface area contributed by atoms with Crippen LogP contribution in [0, 0.1) is 5.92 Å². The highest BCUT2D eigenvalue weighted by Gasteiger charge is 2.42. The van der Waals surface area contributed by atoms with Gasteiger partial charge in [-0.05, 0) is 25.3 Å². The number of nitrogens with two attached hydrogens (primary N) is 1. The van der Waals surface area contributed by atoms with Crippen LogP contribution in [0.1, 0.15) is 12.8 Å². The van der Waals surface area contributed by atoms with Gasteiger partial charge in [-0.3, -0.25) is 0 Å². The zero-order chi connectivity index (χ0) is 14.8. The summed E-state index contributed by atoms with van der Waals surface area (Å²) in [6, 6.07) is 0. The van der Waals surface area contributed by atoms with E-state index in [9.17, 15) is 8.42 Å². The van der Waals surface area contributed by atoms with Crippen molar-refractivity contribution in [2.45, 2.75) is 25.0 Å². The fraction of sp³-hybridized carbons (Fsp3) is 1.00. The van der Waals surface area contributed by atoms with Crippen molar-refractivity contribution in [1.29, 1.82) is 0 Å². The van der Waals surface area contributed by atoms with Crippen LogP contribution >= 0.6 is 0 Å². The lowest BCUT2D eigenvalue weighted by atomic mass is 10.0. The van der Waals surface area contributed by atoms with E-state index in [2.05, 4.69) is 0 Å². The largest absolute Gasteiger partial charge is 0.377 e. The summed E-state index contributed by atoms with van der Waals surface area (Å²) in [6.45, 7) is 2.32. The molecule has 0 saturated carbocycles. The van der Waals surface area contributed by atoms with Crippen LogP contribution in [0.3, 0.4) is 0 Å². The molecular weight excluding hydrogens is 282 g/mol. The van der Waals surface area contributed by atoms with Gasteiger partial charge in [0.25, 0.3) is 10.2 Å². The topological polar surface area (TPSA) is 85.1 Å². The second-order valence-electron chi connectivity index (χ2n) is 5.48. The van der Waals surface area contributed by atoms with E-state index in [0.717, 1.165) is 12.8 Å². The Morgan fingerprint density at radius 1 is 1.10 bits per heavy atom. The second-order valence-corrected chi connectivity index (χ2v) is 7.40. The molecule has 0 aromatic rings. The summed E-state index contributed by atoms with van der Waals surface area (Å²) < 4.78 is 39.0. The first-order valence-corrected chi connectivity index (χ1v) is 8.43. The number of nitrogens with zero attached hydrogens (tertiary/aromatic N) is 2. The highest BCUT2D eigenvalue weighted by Crippen LogP contribution is 2.25. The van der Waals surface area contributed by atoms with Crippen LogP contribution in [-0.2, 0) is 19.7 Å². The Labute approximate surface area is 121 Å². The molecule has 3 atom stereocenters. The number of methoxy groups -OCH3 is 2. The lowest BCUT2D eigenvalue weighted by molar-refractivity contribution is -0.00461. The smallest absolute Gasteiger partial charge is 0.282 e. The predicted octanol–water partition coefficient (Wildman–Crippen LogP) is -0.752. The van der Waals surface area contributed by atoms with E-state index in [1.165, 1.54) is 4.31 Å². The zero-order valence-electron chi connectivity index (χ0n) is 12.2. The molecule has 0 aromatic heterocycles. The third kappa shape index (κ3) is 3.15. The Kier molecular flexibility index (Phi) is 5.38. The minimum absolute atomic E-state index is 0.204. The molecule has 0 spiro atoms. The number of ether oxygens (including phenoxy) is 2. The normalized spacial score (nSPS) is 33.6. The molecule has 3 unspecified atom stereocenters. The summed E-state index contributed by atoms with van der Waals surface area (Å²) >= 11 is 0. The summed E-state index contributed by atoms with van der Waals surface area (Å²) in [5, 5.41) is 0. The fourth-order valence-electron chi connectivity index (χ4n) is 2.94. The van der Waals surface area contributed by atoms with Gasteiger partial charge in [0, 0.05) is 40.4 Å². The molecule has 2 fully saturated rings.